The number of likely N-dealkylation sites (tertiary alicyclic amines) is 1. The third-order valence-electron chi connectivity index (χ3n) is 4.92. The van der Waals surface area contributed by atoms with E-state index in [1.54, 1.807) is 0 Å². The Bertz CT molecular complexity index is 714. The number of unbranched alkanes of at least 4 members (excludes halogenated alkanes) is 2. The number of nitrogens with zero attached hydrogens (tertiary/aromatic N) is 2. The highest BCUT2D eigenvalue weighted by molar-refractivity contribution is 7.81. The first kappa shape index (κ1) is 22.0. The number of amides is 2. The van der Waals surface area contributed by atoms with Gasteiger partial charge in [-0.25, -0.2) is 4.79 Å². The lowest BCUT2D eigenvalue weighted by Crippen LogP contribution is -2.56. The highest BCUT2D eigenvalue weighted by Crippen LogP contribution is 2.37. The van der Waals surface area contributed by atoms with Crippen molar-refractivity contribution in [1.82, 2.24) is 4.90 Å². The molecule has 2 atom stereocenters. The Morgan fingerprint density at radius 1 is 1.32 bits per heavy atom. The zero-order valence-corrected chi connectivity index (χ0v) is 16.3. The van der Waals surface area contributed by atoms with E-state index in [0.717, 1.165) is 0 Å². The number of aliphatic hydroxyl groups excluding tert-OH is 1. The summed E-state index contributed by atoms with van der Waals surface area (Å²) in [6, 6.07) is 5.68. The number of rotatable bonds is 9. The van der Waals surface area contributed by atoms with Crippen LogP contribution in [-0.2, 0) is 16.1 Å². The summed E-state index contributed by atoms with van der Waals surface area (Å²) in [5.41, 5.74) is 5.03. The molecule has 2 amide bonds. The summed E-state index contributed by atoms with van der Waals surface area (Å²) in [6.45, 7) is 0.231. The topological polar surface area (TPSA) is 136 Å². The normalized spacial score (nSPS) is 21.5. The first-order chi connectivity index (χ1) is 13.3. The molecule has 0 aromatic heterocycles. The summed E-state index contributed by atoms with van der Waals surface area (Å²) in [5.74, 6) is -0.597. The highest BCUT2D eigenvalue weighted by atomic mass is 32.1. The summed E-state index contributed by atoms with van der Waals surface area (Å²) in [4.78, 5) is 36.4. The minimum absolute atomic E-state index is 0.0526. The maximum atomic E-state index is 12.7. The predicted octanol–water partition coefficient (Wildman–Crippen LogP) is 2.01. The van der Waals surface area contributed by atoms with Gasteiger partial charge in [-0.15, -0.1) is 0 Å². The summed E-state index contributed by atoms with van der Waals surface area (Å²) in [5, 5.41) is 19.4. The second kappa shape index (κ2) is 9.74. The van der Waals surface area contributed by atoms with Crippen LogP contribution in [0, 0.1) is 10.1 Å². The van der Waals surface area contributed by atoms with Crippen LogP contribution in [0.15, 0.2) is 24.3 Å². The number of hydrogen-bond acceptors (Lipinski definition) is 7. The molecule has 1 aliphatic heterocycles. The van der Waals surface area contributed by atoms with Crippen LogP contribution in [0.3, 0.4) is 0 Å². The van der Waals surface area contributed by atoms with E-state index in [0.29, 0.717) is 37.7 Å². The summed E-state index contributed by atoms with van der Waals surface area (Å²) in [6.07, 6.45) is 2.02. The monoisotopic (exact) mass is 411 g/mol. The number of aliphatic hydroxyl groups is 1. The van der Waals surface area contributed by atoms with Crippen LogP contribution in [-0.4, -0.2) is 50.9 Å². The molecule has 154 valence electrons. The maximum absolute atomic E-state index is 12.7. The molecule has 0 radical (unpaired) electrons. The molecule has 0 bridgehead atoms. The molecule has 0 spiro atoms. The van der Waals surface area contributed by atoms with Crippen LogP contribution in [0.5, 0.6) is 0 Å². The lowest BCUT2D eigenvalue weighted by atomic mass is 9.88. The maximum Gasteiger partial charge on any atom is 0.411 e. The van der Waals surface area contributed by atoms with E-state index < -0.39 is 22.5 Å². The Balaban J connectivity index is 2.05. The average molecular weight is 411 g/mol. The number of non-ortho nitro benzene ring substituents is 1. The summed E-state index contributed by atoms with van der Waals surface area (Å²) < 4.78 is 5.33. The Hall–Kier alpha value is -2.33. The van der Waals surface area contributed by atoms with Crippen molar-refractivity contribution in [2.75, 3.05) is 13.2 Å². The van der Waals surface area contributed by atoms with Gasteiger partial charge in [0, 0.05) is 30.5 Å². The number of thiol groups is 1. The van der Waals surface area contributed by atoms with Gasteiger partial charge in [0.05, 0.1) is 4.92 Å². The van der Waals surface area contributed by atoms with Crippen molar-refractivity contribution < 1.29 is 24.4 Å². The minimum Gasteiger partial charge on any atom is -0.445 e. The Labute approximate surface area is 168 Å². The van der Waals surface area contributed by atoms with Crippen molar-refractivity contribution in [2.45, 2.75) is 49.5 Å². The lowest BCUT2D eigenvalue weighted by Gasteiger charge is -2.35. The molecule has 0 saturated carbocycles. The fourth-order valence-corrected chi connectivity index (χ4v) is 3.90. The smallest absolute Gasteiger partial charge is 0.411 e. The molecule has 0 unspecified atom stereocenters. The fourth-order valence-electron chi connectivity index (χ4n) is 3.44. The number of nitro groups is 1. The van der Waals surface area contributed by atoms with Crippen molar-refractivity contribution in [1.29, 1.82) is 0 Å². The van der Waals surface area contributed by atoms with Gasteiger partial charge in [-0.05, 0) is 37.0 Å². The molecule has 1 aromatic carbocycles. The van der Waals surface area contributed by atoms with Crippen molar-refractivity contribution in [3.63, 3.8) is 0 Å². The second-order valence-electron chi connectivity index (χ2n) is 6.88. The van der Waals surface area contributed by atoms with E-state index in [1.165, 1.54) is 29.2 Å². The van der Waals surface area contributed by atoms with Gasteiger partial charge >= 0.3 is 6.09 Å². The van der Waals surface area contributed by atoms with Gasteiger partial charge in [0.25, 0.3) is 5.69 Å². The molecular formula is C18H25N3O6S. The zero-order valence-electron chi connectivity index (χ0n) is 15.5. The van der Waals surface area contributed by atoms with Crippen LogP contribution in [0.25, 0.3) is 0 Å². The van der Waals surface area contributed by atoms with Gasteiger partial charge in [-0.3, -0.25) is 19.8 Å². The minimum atomic E-state index is -1.16. The third-order valence-corrected chi connectivity index (χ3v) is 5.27. The lowest BCUT2D eigenvalue weighted by molar-refractivity contribution is -0.384. The van der Waals surface area contributed by atoms with Crippen LogP contribution in [0.2, 0.25) is 0 Å². The molecule has 2 rings (SSSR count). The van der Waals surface area contributed by atoms with Crippen LogP contribution in [0.1, 0.15) is 37.7 Å². The number of benzene rings is 1. The molecule has 0 aliphatic carbocycles. The standard InChI is InChI=1S/C18H25N3O6S/c19-16(23)18(8-2-1-3-9-22)10-15(28)11-20(18)17(24)27-12-13-4-6-14(7-5-13)21(25)26/h4-7,15,22,28H,1-3,8-12H2,(H2,19,23)/t15-,18-/m0/s1. The molecule has 1 aliphatic rings. The predicted molar refractivity (Wildman–Crippen MR) is 105 cm³/mol. The summed E-state index contributed by atoms with van der Waals surface area (Å²) in [7, 11) is 0. The molecular weight excluding hydrogens is 386 g/mol. The van der Waals surface area contributed by atoms with Gasteiger partial charge < -0.3 is 15.6 Å². The quantitative estimate of drug-likeness (QED) is 0.246. The van der Waals surface area contributed by atoms with E-state index in [9.17, 15) is 19.7 Å². The molecule has 1 aromatic rings. The second-order valence-corrected chi connectivity index (χ2v) is 7.61. The number of nitro benzene ring substituents is 1. The number of carbonyl (C=O) groups excluding carboxylic acids is 2. The van der Waals surface area contributed by atoms with Crippen LogP contribution in [0.4, 0.5) is 10.5 Å². The third kappa shape index (κ3) is 5.14. The molecule has 3 N–H and O–H groups in total. The van der Waals surface area contributed by atoms with Gasteiger partial charge in [-0.2, -0.15) is 12.6 Å². The largest absolute Gasteiger partial charge is 0.445 e. The van der Waals surface area contributed by atoms with E-state index in [1.807, 2.05) is 0 Å². The Kier molecular flexibility index (Phi) is 7.64. The van der Waals surface area contributed by atoms with Crippen molar-refractivity contribution in [3.05, 3.63) is 39.9 Å². The van der Waals surface area contributed by atoms with Gasteiger partial charge in [-0.1, -0.05) is 12.8 Å². The van der Waals surface area contributed by atoms with Gasteiger partial charge in [0.2, 0.25) is 5.91 Å². The Morgan fingerprint density at radius 3 is 2.57 bits per heavy atom. The average Bonchev–Trinajstić information content (AvgIpc) is 3.01. The van der Waals surface area contributed by atoms with Crippen LogP contribution >= 0.6 is 12.6 Å². The van der Waals surface area contributed by atoms with Gasteiger partial charge in [0.1, 0.15) is 12.1 Å². The fraction of sp³-hybridized carbons (Fsp3) is 0.556. The number of ether oxygens (including phenoxy) is 1. The van der Waals surface area contributed by atoms with E-state index in [-0.39, 0.29) is 30.7 Å². The zero-order chi connectivity index (χ0) is 20.7. The SMILES string of the molecule is NC(=O)[C@]1(CCCCCO)C[C@H](S)CN1C(=O)OCc1ccc([N+](=O)[O-])cc1. The number of primary amides is 1. The van der Waals surface area contributed by atoms with Crippen LogP contribution < -0.4 is 5.73 Å². The number of carbonyl (C=O) groups is 2. The Morgan fingerprint density at radius 2 is 2.00 bits per heavy atom. The molecule has 10 heteroatoms. The first-order valence-corrected chi connectivity index (χ1v) is 9.58. The van der Waals surface area contributed by atoms with E-state index >= 15 is 0 Å². The van der Waals surface area contributed by atoms with Crippen molar-refractivity contribution in [3.8, 4) is 0 Å². The molecule has 1 heterocycles. The van der Waals surface area contributed by atoms with E-state index in [2.05, 4.69) is 12.6 Å². The summed E-state index contributed by atoms with van der Waals surface area (Å²) >= 11 is 4.43. The van der Waals surface area contributed by atoms with Gasteiger partial charge in [0.15, 0.2) is 0 Å². The van der Waals surface area contributed by atoms with E-state index in [4.69, 9.17) is 15.6 Å². The highest BCUT2D eigenvalue weighted by Gasteiger charge is 2.51. The molecule has 28 heavy (non-hydrogen) atoms. The number of nitrogens with two attached hydrogens (primary N) is 1. The number of hydrogen-bond donors (Lipinski definition) is 3. The molecule has 1 saturated heterocycles. The van der Waals surface area contributed by atoms with Crippen molar-refractivity contribution in [2.24, 2.45) is 5.73 Å². The van der Waals surface area contributed by atoms with Crippen molar-refractivity contribution >= 4 is 30.3 Å². The molecule has 9 nitrogen and oxygen atoms in total. The molecule has 1 fully saturated rings. The first-order valence-electron chi connectivity index (χ1n) is 9.06.